The second-order valence-electron chi connectivity index (χ2n) is 5.60. The van der Waals surface area contributed by atoms with Crippen LogP contribution in [0.25, 0.3) is 11.5 Å². The summed E-state index contributed by atoms with van der Waals surface area (Å²) in [6.45, 7) is 2.60. The Morgan fingerprint density at radius 2 is 2.04 bits per heavy atom. The average Bonchev–Trinajstić information content (AvgIpc) is 3.06. The highest BCUT2D eigenvalue weighted by atomic mass is 79.9. The number of carbonyl (C=O) groups is 1. The zero-order valence-electron chi connectivity index (χ0n) is 14.2. The number of hydrogen-bond acceptors (Lipinski definition) is 4. The Bertz CT molecular complexity index is 909. The predicted molar refractivity (Wildman–Crippen MR) is 99.2 cm³/mol. The lowest BCUT2D eigenvalue weighted by atomic mass is 10.1. The first-order valence-corrected chi connectivity index (χ1v) is 8.97. The molecule has 0 N–H and O–H groups in total. The molecule has 5 nitrogen and oxygen atoms in total. The fraction of sp³-hybridized carbons (Fsp3) is 0.211. The highest BCUT2D eigenvalue weighted by Crippen LogP contribution is 2.21. The van der Waals surface area contributed by atoms with Gasteiger partial charge in [-0.1, -0.05) is 28.1 Å². The van der Waals surface area contributed by atoms with Crippen molar-refractivity contribution in [1.29, 1.82) is 0 Å². The first-order chi connectivity index (χ1) is 12.6. The van der Waals surface area contributed by atoms with E-state index in [2.05, 4.69) is 25.9 Å². The molecule has 0 radical (unpaired) electrons. The van der Waals surface area contributed by atoms with Gasteiger partial charge < -0.3 is 9.30 Å². The van der Waals surface area contributed by atoms with Gasteiger partial charge in [-0.3, -0.25) is 4.98 Å². The second-order valence-corrected chi connectivity index (χ2v) is 6.52. The van der Waals surface area contributed by atoms with Crippen molar-refractivity contribution < 1.29 is 13.9 Å². The van der Waals surface area contributed by atoms with Gasteiger partial charge in [0.1, 0.15) is 11.5 Å². The van der Waals surface area contributed by atoms with Gasteiger partial charge in [-0.15, -0.1) is 0 Å². The van der Waals surface area contributed by atoms with Gasteiger partial charge in [0.25, 0.3) is 0 Å². The standard InChI is InChI=1S/C19H17BrFN3O2/c1-2-26-19(25)17-12-24(10-8-13-3-5-15(21)6-4-13)18(23-17)16-11-14(20)7-9-22-16/h3-7,9,11-12H,2,8,10H2,1H3. The maximum absolute atomic E-state index is 13.1. The largest absolute Gasteiger partial charge is 0.461 e. The number of esters is 1. The van der Waals surface area contributed by atoms with E-state index >= 15 is 0 Å². The zero-order chi connectivity index (χ0) is 18.5. The highest BCUT2D eigenvalue weighted by Gasteiger charge is 2.17. The minimum atomic E-state index is -0.468. The molecule has 0 saturated heterocycles. The average molecular weight is 418 g/mol. The van der Waals surface area contributed by atoms with Gasteiger partial charge in [-0.2, -0.15) is 0 Å². The van der Waals surface area contributed by atoms with Crippen LogP contribution in [-0.2, 0) is 17.7 Å². The van der Waals surface area contributed by atoms with Crippen LogP contribution in [0.15, 0.2) is 53.3 Å². The molecule has 26 heavy (non-hydrogen) atoms. The van der Waals surface area contributed by atoms with Gasteiger partial charge in [0, 0.05) is 23.4 Å². The van der Waals surface area contributed by atoms with Crippen molar-refractivity contribution in [3.05, 3.63) is 70.3 Å². The molecule has 7 heteroatoms. The lowest BCUT2D eigenvalue weighted by molar-refractivity contribution is 0.0520. The Morgan fingerprint density at radius 3 is 2.73 bits per heavy atom. The van der Waals surface area contributed by atoms with Crippen LogP contribution < -0.4 is 0 Å². The fourth-order valence-corrected chi connectivity index (χ4v) is 2.86. The number of nitrogens with zero attached hydrogens (tertiary/aromatic N) is 3. The van der Waals surface area contributed by atoms with Crippen LogP contribution in [0.4, 0.5) is 4.39 Å². The van der Waals surface area contributed by atoms with Gasteiger partial charge in [0.15, 0.2) is 11.5 Å². The van der Waals surface area contributed by atoms with Crippen molar-refractivity contribution in [1.82, 2.24) is 14.5 Å². The van der Waals surface area contributed by atoms with Crippen molar-refractivity contribution in [2.75, 3.05) is 6.61 Å². The van der Waals surface area contributed by atoms with Crippen LogP contribution in [0, 0.1) is 5.82 Å². The van der Waals surface area contributed by atoms with E-state index in [1.165, 1.54) is 12.1 Å². The third-order valence-electron chi connectivity index (χ3n) is 3.77. The molecule has 134 valence electrons. The summed E-state index contributed by atoms with van der Waals surface area (Å²) in [7, 11) is 0. The quantitative estimate of drug-likeness (QED) is 0.562. The monoisotopic (exact) mass is 417 g/mol. The molecular formula is C19H17BrFN3O2. The molecule has 3 aromatic rings. The molecule has 3 rings (SSSR count). The summed E-state index contributed by atoms with van der Waals surface area (Å²) in [5, 5.41) is 0. The number of imidazole rings is 1. The lowest BCUT2D eigenvalue weighted by Gasteiger charge is -2.07. The van der Waals surface area contributed by atoms with Gasteiger partial charge in [-0.05, 0) is 43.2 Å². The van der Waals surface area contributed by atoms with E-state index in [0.717, 1.165) is 10.0 Å². The molecule has 0 aliphatic rings. The first kappa shape index (κ1) is 18.3. The Balaban J connectivity index is 1.90. The van der Waals surface area contributed by atoms with E-state index < -0.39 is 5.97 Å². The molecule has 0 aliphatic carbocycles. The summed E-state index contributed by atoms with van der Waals surface area (Å²) in [4.78, 5) is 20.8. The van der Waals surface area contributed by atoms with Crippen LogP contribution in [0.3, 0.4) is 0 Å². The maximum atomic E-state index is 13.1. The summed E-state index contributed by atoms with van der Waals surface area (Å²) in [5.41, 5.74) is 1.88. The number of ether oxygens (including phenoxy) is 1. The molecule has 0 fully saturated rings. The molecule has 2 aromatic heterocycles. The molecule has 0 atom stereocenters. The number of pyridine rings is 1. The van der Waals surface area contributed by atoms with E-state index in [-0.39, 0.29) is 18.1 Å². The second kappa shape index (κ2) is 8.23. The first-order valence-electron chi connectivity index (χ1n) is 8.17. The third-order valence-corrected chi connectivity index (χ3v) is 4.26. The Kier molecular flexibility index (Phi) is 5.78. The SMILES string of the molecule is CCOC(=O)c1cn(CCc2ccc(F)cc2)c(-c2cc(Br)ccn2)n1. The minimum absolute atomic E-state index is 0.239. The van der Waals surface area contributed by atoms with Crippen molar-refractivity contribution in [2.24, 2.45) is 0 Å². The number of hydrogen-bond donors (Lipinski definition) is 0. The minimum Gasteiger partial charge on any atom is -0.461 e. The number of aromatic nitrogens is 3. The van der Waals surface area contributed by atoms with Gasteiger partial charge >= 0.3 is 5.97 Å². The van der Waals surface area contributed by atoms with E-state index in [9.17, 15) is 9.18 Å². The summed E-state index contributed by atoms with van der Waals surface area (Å²) in [6.07, 6.45) is 4.00. The van der Waals surface area contributed by atoms with Crippen molar-refractivity contribution in [2.45, 2.75) is 19.9 Å². The van der Waals surface area contributed by atoms with Gasteiger partial charge in [0.05, 0.1) is 6.61 Å². The maximum Gasteiger partial charge on any atom is 0.358 e. The molecule has 2 heterocycles. The molecule has 0 amide bonds. The van der Waals surface area contributed by atoms with Crippen LogP contribution in [0.1, 0.15) is 23.0 Å². The topological polar surface area (TPSA) is 57.0 Å². The fourth-order valence-electron chi connectivity index (χ4n) is 2.52. The molecular weight excluding hydrogens is 401 g/mol. The summed E-state index contributed by atoms with van der Waals surface area (Å²) in [6, 6.07) is 10.0. The number of halogens is 2. The van der Waals surface area contributed by atoms with Gasteiger partial charge in [0.2, 0.25) is 0 Å². The number of aryl methyl sites for hydroxylation is 2. The molecule has 0 bridgehead atoms. The number of benzene rings is 1. The number of rotatable bonds is 6. The van der Waals surface area contributed by atoms with Crippen molar-refractivity contribution >= 4 is 21.9 Å². The van der Waals surface area contributed by atoms with Crippen LogP contribution in [0.2, 0.25) is 0 Å². The van der Waals surface area contributed by atoms with Crippen molar-refractivity contribution in [3.63, 3.8) is 0 Å². The third kappa shape index (κ3) is 4.35. The van der Waals surface area contributed by atoms with E-state index in [0.29, 0.717) is 24.5 Å². The molecule has 0 unspecified atom stereocenters. The molecule has 0 spiro atoms. The zero-order valence-corrected chi connectivity index (χ0v) is 15.7. The Hall–Kier alpha value is -2.54. The van der Waals surface area contributed by atoms with Crippen LogP contribution in [-0.4, -0.2) is 27.1 Å². The Morgan fingerprint density at radius 1 is 1.27 bits per heavy atom. The van der Waals surface area contributed by atoms with E-state index in [1.807, 2.05) is 16.7 Å². The van der Waals surface area contributed by atoms with E-state index in [4.69, 9.17) is 4.74 Å². The number of carbonyl (C=O) groups excluding carboxylic acids is 1. The van der Waals surface area contributed by atoms with E-state index in [1.54, 1.807) is 31.5 Å². The molecule has 0 aliphatic heterocycles. The summed E-state index contributed by atoms with van der Waals surface area (Å²) >= 11 is 3.42. The smallest absolute Gasteiger partial charge is 0.358 e. The van der Waals surface area contributed by atoms with Gasteiger partial charge in [-0.25, -0.2) is 14.2 Å². The molecule has 0 saturated carbocycles. The van der Waals surface area contributed by atoms with Crippen LogP contribution >= 0.6 is 15.9 Å². The normalized spacial score (nSPS) is 10.7. The lowest BCUT2D eigenvalue weighted by Crippen LogP contribution is -2.05. The highest BCUT2D eigenvalue weighted by molar-refractivity contribution is 9.10. The van der Waals surface area contributed by atoms with Crippen LogP contribution in [0.5, 0.6) is 0 Å². The predicted octanol–water partition coefficient (Wildman–Crippen LogP) is 4.27. The van der Waals surface area contributed by atoms with Crippen molar-refractivity contribution in [3.8, 4) is 11.5 Å². The molecule has 1 aromatic carbocycles. The summed E-state index contributed by atoms with van der Waals surface area (Å²) in [5.74, 6) is -0.152. The summed E-state index contributed by atoms with van der Waals surface area (Å²) < 4.78 is 20.8. The Labute approximate surface area is 159 Å².